The molecule has 1 aromatic rings. The minimum Gasteiger partial charge on any atom is -0.447 e. The molecule has 0 aliphatic carbocycles. The molecule has 1 atom stereocenters. The summed E-state index contributed by atoms with van der Waals surface area (Å²) >= 11 is 0. The second kappa shape index (κ2) is 5.68. The lowest BCUT2D eigenvalue weighted by molar-refractivity contribution is 0.177. The summed E-state index contributed by atoms with van der Waals surface area (Å²) in [5.41, 5.74) is 2.38. The molecule has 1 N–H and O–H groups in total. The molecule has 0 bridgehead atoms. The lowest BCUT2D eigenvalue weighted by Gasteiger charge is -2.08. The molecule has 92 valence electrons. The Morgan fingerprint density at radius 3 is 2.76 bits per heavy atom. The van der Waals surface area contributed by atoms with Crippen molar-refractivity contribution in [3.8, 4) is 0 Å². The third kappa shape index (κ3) is 3.20. The van der Waals surface area contributed by atoms with E-state index in [0.29, 0.717) is 6.61 Å². The van der Waals surface area contributed by atoms with E-state index < -0.39 is 0 Å². The molecule has 2 rings (SSSR count). The number of hydrogen-bond donors (Lipinski definition) is 1. The minimum absolute atomic E-state index is 0.00414. The zero-order valence-corrected chi connectivity index (χ0v) is 9.94. The third-order valence-electron chi connectivity index (χ3n) is 2.87. The minimum atomic E-state index is -0.334. The number of amides is 1. The maximum Gasteiger partial charge on any atom is 0.407 e. The van der Waals surface area contributed by atoms with Crippen LogP contribution in [0.1, 0.15) is 23.6 Å². The number of nitrogens with one attached hydrogen (secondary N) is 1. The zero-order chi connectivity index (χ0) is 12.1. The molecule has 0 radical (unpaired) electrons. The van der Waals surface area contributed by atoms with E-state index in [1.54, 1.807) is 7.11 Å². The first-order valence-corrected chi connectivity index (χ1v) is 5.80. The van der Waals surface area contributed by atoms with Gasteiger partial charge in [-0.25, -0.2) is 4.79 Å². The van der Waals surface area contributed by atoms with Gasteiger partial charge in [0.1, 0.15) is 6.61 Å². The van der Waals surface area contributed by atoms with E-state index >= 15 is 0 Å². The van der Waals surface area contributed by atoms with Gasteiger partial charge in [0, 0.05) is 13.7 Å². The fourth-order valence-electron chi connectivity index (χ4n) is 1.90. The van der Waals surface area contributed by atoms with Crippen molar-refractivity contribution in [2.75, 3.05) is 20.3 Å². The molecular weight excluding hydrogens is 218 g/mol. The molecule has 1 heterocycles. The molecule has 1 amide bonds. The molecular formula is C13H17NO3. The second-order valence-corrected chi connectivity index (χ2v) is 4.13. The Morgan fingerprint density at radius 2 is 2.18 bits per heavy atom. The summed E-state index contributed by atoms with van der Waals surface area (Å²) in [7, 11) is 1.71. The van der Waals surface area contributed by atoms with Crippen LogP contribution in [-0.4, -0.2) is 26.4 Å². The van der Waals surface area contributed by atoms with E-state index in [1.807, 2.05) is 12.1 Å². The van der Waals surface area contributed by atoms with Crippen LogP contribution in [0.3, 0.4) is 0 Å². The topological polar surface area (TPSA) is 47.6 Å². The Bertz CT molecular complexity index is 375. The molecule has 1 fully saturated rings. The molecule has 0 saturated carbocycles. The molecule has 1 aliphatic heterocycles. The summed E-state index contributed by atoms with van der Waals surface area (Å²) in [6.45, 7) is 1.20. The molecule has 1 aliphatic rings. The molecule has 0 aromatic heterocycles. The number of ether oxygens (including phenoxy) is 2. The van der Waals surface area contributed by atoms with Crippen LogP contribution in [0.4, 0.5) is 4.79 Å². The zero-order valence-electron chi connectivity index (χ0n) is 9.94. The summed E-state index contributed by atoms with van der Waals surface area (Å²) < 4.78 is 9.88. The van der Waals surface area contributed by atoms with Crippen LogP contribution in [0.5, 0.6) is 0 Å². The van der Waals surface area contributed by atoms with Gasteiger partial charge in [-0.05, 0) is 24.0 Å². The quantitative estimate of drug-likeness (QED) is 0.794. The van der Waals surface area contributed by atoms with Gasteiger partial charge in [-0.1, -0.05) is 24.3 Å². The lowest BCUT2D eigenvalue weighted by Crippen LogP contribution is -2.18. The van der Waals surface area contributed by atoms with Gasteiger partial charge in [0.25, 0.3) is 0 Å². The Hall–Kier alpha value is -1.55. The van der Waals surface area contributed by atoms with Crippen LogP contribution in [0, 0.1) is 0 Å². The van der Waals surface area contributed by atoms with Crippen molar-refractivity contribution in [1.29, 1.82) is 0 Å². The van der Waals surface area contributed by atoms with Gasteiger partial charge in [0.05, 0.1) is 6.04 Å². The Kier molecular flexibility index (Phi) is 3.98. The summed E-state index contributed by atoms with van der Waals surface area (Å²) in [6.07, 6.45) is 1.71. The normalized spacial score (nSPS) is 18.9. The predicted molar refractivity (Wildman–Crippen MR) is 63.9 cm³/mol. The number of hydrogen-bond acceptors (Lipinski definition) is 3. The molecule has 17 heavy (non-hydrogen) atoms. The van der Waals surface area contributed by atoms with Crippen molar-refractivity contribution in [2.45, 2.75) is 18.9 Å². The summed E-state index contributed by atoms with van der Waals surface area (Å²) in [5, 5.41) is 2.76. The molecule has 0 spiro atoms. The van der Waals surface area contributed by atoms with Crippen LogP contribution in [0.2, 0.25) is 0 Å². The van der Waals surface area contributed by atoms with Crippen molar-refractivity contribution in [2.24, 2.45) is 0 Å². The van der Waals surface area contributed by atoms with E-state index in [4.69, 9.17) is 9.47 Å². The number of methoxy groups -OCH3 is 1. The monoisotopic (exact) mass is 235 g/mol. The SMILES string of the molecule is COCCCc1ccc([C@H]2COC(=O)N2)cc1. The highest BCUT2D eigenvalue weighted by atomic mass is 16.6. The fraction of sp³-hybridized carbons (Fsp3) is 0.462. The largest absolute Gasteiger partial charge is 0.447 e. The van der Waals surface area contributed by atoms with Crippen molar-refractivity contribution in [3.05, 3.63) is 35.4 Å². The lowest BCUT2D eigenvalue weighted by atomic mass is 10.0. The number of cyclic esters (lactones) is 1. The molecule has 0 unspecified atom stereocenters. The maximum absolute atomic E-state index is 10.9. The number of rotatable bonds is 5. The first-order chi connectivity index (χ1) is 8.29. The van der Waals surface area contributed by atoms with Gasteiger partial charge < -0.3 is 14.8 Å². The summed E-state index contributed by atoms with van der Waals surface area (Å²) in [6, 6.07) is 8.27. The summed E-state index contributed by atoms with van der Waals surface area (Å²) in [5.74, 6) is 0. The Balaban J connectivity index is 1.91. The van der Waals surface area contributed by atoms with Crippen molar-refractivity contribution < 1.29 is 14.3 Å². The van der Waals surface area contributed by atoms with Gasteiger partial charge in [0.15, 0.2) is 0 Å². The average molecular weight is 235 g/mol. The number of aryl methyl sites for hydroxylation is 1. The smallest absolute Gasteiger partial charge is 0.407 e. The number of alkyl carbamates (subject to hydrolysis) is 1. The maximum atomic E-state index is 10.9. The highest BCUT2D eigenvalue weighted by molar-refractivity contribution is 5.70. The van der Waals surface area contributed by atoms with Gasteiger partial charge in [-0.15, -0.1) is 0 Å². The van der Waals surface area contributed by atoms with Crippen LogP contribution in [0.15, 0.2) is 24.3 Å². The number of carbonyl (C=O) groups is 1. The third-order valence-corrected chi connectivity index (χ3v) is 2.87. The van der Waals surface area contributed by atoms with E-state index in [2.05, 4.69) is 17.4 Å². The van der Waals surface area contributed by atoms with Gasteiger partial charge >= 0.3 is 6.09 Å². The first-order valence-electron chi connectivity index (χ1n) is 5.80. The summed E-state index contributed by atoms with van der Waals surface area (Å²) in [4.78, 5) is 10.9. The van der Waals surface area contributed by atoms with Crippen LogP contribution in [0.25, 0.3) is 0 Å². The highest BCUT2D eigenvalue weighted by Crippen LogP contribution is 2.18. The van der Waals surface area contributed by atoms with Crippen molar-refractivity contribution >= 4 is 6.09 Å². The van der Waals surface area contributed by atoms with Crippen LogP contribution >= 0.6 is 0 Å². The standard InChI is InChI=1S/C13H17NO3/c1-16-8-2-3-10-4-6-11(7-5-10)12-9-17-13(15)14-12/h4-7,12H,2-3,8-9H2,1H3,(H,14,15)/t12-/m1/s1. The molecule has 4 nitrogen and oxygen atoms in total. The fourth-order valence-corrected chi connectivity index (χ4v) is 1.90. The van der Waals surface area contributed by atoms with Crippen LogP contribution in [-0.2, 0) is 15.9 Å². The van der Waals surface area contributed by atoms with Crippen molar-refractivity contribution in [3.63, 3.8) is 0 Å². The van der Waals surface area contributed by atoms with E-state index in [1.165, 1.54) is 5.56 Å². The first kappa shape index (κ1) is 11.9. The van der Waals surface area contributed by atoms with E-state index in [9.17, 15) is 4.79 Å². The van der Waals surface area contributed by atoms with E-state index in [-0.39, 0.29) is 12.1 Å². The predicted octanol–water partition coefficient (Wildman–Crippen LogP) is 2.05. The van der Waals surface area contributed by atoms with Crippen LogP contribution < -0.4 is 5.32 Å². The van der Waals surface area contributed by atoms with Gasteiger partial charge in [-0.2, -0.15) is 0 Å². The average Bonchev–Trinajstić information content (AvgIpc) is 2.77. The van der Waals surface area contributed by atoms with Gasteiger partial charge in [0.2, 0.25) is 0 Å². The Morgan fingerprint density at radius 1 is 1.41 bits per heavy atom. The Labute approximate surface area is 101 Å². The number of carbonyl (C=O) groups excluding carboxylic acids is 1. The molecule has 4 heteroatoms. The van der Waals surface area contributed by atoms with E-state index in [0.717, 1.165) is 25.0 Å². The van der Waals surface area contributed by atoms with Crippen molar-refractivity contribution in [1.82, 2.24) is 5.32 Å². The number of benzene rings is 1. The second-order valence-electron chi connectivity index (χ2n) is 4.13. The molecule has 1 aromatic carbocycles. The highest BCUT2D eigenvalue weighted by Gasteiger charge is 2.23. The molecule has 1 saturated heterocycles. The van der Waals surface area contributed by atoms with Gasteiger partial charge in [-0.3, -0.25) is 0 Å².